The summed E-state index contributed by atoms with van der Waals surface area (Å²) in [7, 11) is 1.66. The van der Waals surface area contributed by atoms with Crippen molar-refractivity contribution in [2.24, 2.45) is 0 Å². The van der Waals surface area contributed by atoms with E-state index in [1.807, 2.05) is 53.4 Å². The summed E-state index contributed by atoms with van der Waals surface area (Å²) in [5.41, 5.74) is 6.26. The van der Waals surface area contributed by atoms with Crippen molar-refractivity contribution in [2.75, 3.05) is 12.4 Å². The van der Waals surface area contributed by atoms with Crippen LogP contribution in [0.5, 0.6) is 5.75 Å². The molecule has 0 saturated carbocycles. The Morgan fingerprint density at radius 2 is 1.60 bits per heavy atom. The highest BCUT2D eigenvalue weighted by atomic mass is 16.5. The van der Waals surface area contributed by atoms with Crippen molar-refractivity contribution < 1.29 is 9.53 Å². The minimum absolute atomic E-state index is 0.0394. The van der Waals surface area contributed by atoms with Crippen LogP contribution in [0.2, 0.25) is 0 Å². The number of methoxy groups -OCH3 is 1. The standard InChI is InChI=1S/C30H27N3O2/c1-3-32-27-11-7-6-8-23(27)26-18-21(14-17-28(26)32)31-29-24-9-4-5-10-25(24)30(34)33(29)19-20-12-15-22(35-2)16-13-20/h4-18,29,31H,3,19H2,1-2H3/t29-/m1/s1. The van der Waals surface area contributed by atoms with Crippen LogP contribution >= 0.6 is 0 Å². The lowest BCUT2D eigenvalue weighted by Gasteiger charge is -2.27. The number of carbonyl (C=O) groups excluding carboxylic acids is 1. The zero-order valence-electron chi connectivity index (χ0n) is 19.9. The van der Waals surface area contributed by atoms with E-state index in [4.69, 9.17) is 4.74 Å². The lowest BCUT2D eigenvalue weighted by Crippen LogP contribution is -2.31. The highest BCUT2D eigenvalue weighted by Crippen LogP contribution is 2.37. The van der Waals surface area contributed by atoms with E-state index in [1.165, 1.54) is 21.8 Å². The van der Waals surface area contributed by atoms with Crippen LogP contribution in [0, 0.1) is 0 Å². The van der Waals surface area contributed by atoms with Crippen molar-refractivity contribution in [3.63, 3.8) is 0 Å². The number of hydrogen-bond acceptors (Lipinski definition) is 3. The third kappa shape index (κ3) is 3.51. The van der Waals surface area contributed by atoms with Gasteiger partial charge in [0.2, 0.25) is 0 Å². The molecule has 0 bridgehead atoms. The number of nitrogens with zero attached hydrogens (tertiary/aromatic N) is 2. The van der Waals surface area contributed by atoms with Gasteiger partial charge < -0.3 is 19.5 Å². The largest absolute Gasteiger partial charge is 0.497 e. The number of aromatic nitrogens is 1. The summed E-state index contributed by atoms with van der Waals surface area (Å²) >= 11 is 0. The second-order valence-corrected chi connectivity index (χ2v) is 8.91. The first kappa shape index (κ1) is 21.3. The molecule has 1 N–H and O–H groups in total. The van der Waals surface area contributed by atoms with Gasteiger partial charge in [0.25, 0.3) is 5.91 Å². The minimum Gasteiger partial charge on any atom is -0.497 e. The Morgan fingerprint density at radius 3 is 2.40 bits per heavy atom. The molecule has 0 spiro atoms. The number of ether oxygens (including phenoxy) is 1. The molecule has 0 radical (unpaired) electrons. The molecule has 5 heteroatoms. The number of fused-ring (bicyclic) bond motifs is 4. The van der Waals surface area contributed by atoms with Crippen LogP contribution < -0.4 is 10.1 Å². The van der Waals surface area contributed by atoms with E-state index < -0.39 is 0 Å². The third-order valence-corrected chi connectivity index (χ3v) is 6.96. The van der Waals surface area contributed by atoms with Crippen molar-refractivity contribution in [1.82, 2.24) is 9.47 Å². The van der Waals surface area contributed by atoms with Crippen LogP contribution in [0.25, 0.3) is 21.8 Å². The predicted octanol–water partition coefficient (Wildman–Crippen LogP) is 6.59. The number of benzene rings is 4. The highest BCUT2D eigenvalue weighted by molar-refractivity contribution is 6.09. The van der Waals surface area contributed by atoms with E-state index >= 15 is 0 Å². The topological polar surface area (TPSA) is 46.5 Å². The molecule has 1 amide bonds. The zero-order chi connectivity index (χ0) is 23.9. The number of carbonyl (C=O) groups is 1. The fourth-order valence-electron chi connectivity index (χ4n) is 5.26. The molecule has 0 aliphatic carbocycles. The van der Waals surface area contributed by atoms with Gasteiger partial charge in [-0.15, -0.1) is 0 Å². The quantitative estimate of drug-likeness (QED) is 0.310. The number of nitrogens with one attached hydrogen (secondary N) is 1. The normalized spacial score (nSPS) is 15.1. The fourth-order valence-corrected chi connectivity index (χ4v) is 5.26. The Hall–Kier alpha value is -4.25. The van der Waals surface area contributed by atoms with E-state index in [1.54, 1.807) is 7.11 Å². The molecule has 35 heavy (non-hydrogen) atoms. The molecule has 0 saturated heterocycles. The Morgan fingerprint density at radius 1 is 0.857 bits per heavy atom. The molecule has 1 aromatic heterocycles. The number of rotatable bonds is 6. The van der Waals surface area contributed by atoms with E-state index in [2.05, 4.69) is 59.3 Å². The molecule has 1 atom stereocenters. The monoisotopic (exact) mass is 461 g/mol. The molecule has 6 rings (SSSR count). The molecule has 2 heterocycles. The summed E-state index contributed by atoms with van der Waals surface area (Å²) in [6.45, 7) is 3.60. The summed E-state index contributed by atoms with van der Waals surface area (Å²) in [6.07, 6.45) is -0.252. The number of hydrogen-bond donors (Lipinski definition) is 1. The number of aryl methyl sites for hydroxylation is 1. The average molecular weight is 462 g/mol. The fraction of sp³-hybridized carbons (Fsp3) is 0.167. The maximum atomic E-state index is 13.4. The zero-order valence-corrected chi connectivity index (χ0v) is 19.9. The van der Waals surface area contributed by atoms with Crippen LogP contribution in [0.3, 0.4) is 0 Å². The minimum atomic E-state index is -0.252. The van der Waals surface area contributed by atoms with Crippen molar-refractivity contribution in [3.05, 3.63) is 108 Å². The first-order chi connectivity index (χ1) is 17.2. The Bertz CT molecular complexity index is 1550. The molecular weight excluding hydrogens is 434 g/mol. The second kappa shape index (κ2) is 8.51. The summed E-state index contributed by atoms with van der Waals surface area (Å²) in [5, 5.41) is 6.13. The van der Waals surface area contributed by atoms with E-state index in [0.29, 0.717) is 6.54 Å². The number of para-hydroxylation sites is 1. The van der Waals surface area contributed by atoms with Crippen LogP contribution in [0.15, 0.2) is 91.0 Å². The van der Waals surface area contributed by atoms with Gasteiger partial charge in [0, 0.05) is 51.7 Å². The molecule has 0 unspecified atom stereocenters. The van der Waals surface area contributed by atoms with Crippen LogP contribution in [0.4, 0.5) is 5.69 Å². The van der Waals surface area contributed by atoms with E-state index in [9.17, 15) is 4.79 Å². The maximum absolute atomic E-state index is 13.4. The third-order valence-electron chi connectivity index (χ3n) is 6.96. The van der Waals surface area contributed by atoms with Gasteiger partial charge in [0.05, 0.1) is 7.11 Å². The Labute approximate surface area is 204 Å². The molecule has 5 nitrogen and oxygen atoms in total. The number of anilines is 1. The lowest BCUT2D eigenvalue weighted by atomic mass is 10.1. The molecule has 1 aliphatic heterocycles. The summed E-state index contributed by atoms with van der Waals surface area (Å²) in [6, 6.07) is 30.8. The lowest BCUT2D eigenvalue weighted by molar-refractivity contribution is 0.0729. The van der Waals surface area contributed by atoms with Crippen molar-refractivity contribution >= 4 is 33.4 Å². The summed E-state index contributed by atoms with van der Waals surface area (Å²) < 4.78 is 7.64. The second-order valence-electron chi connectivity index (χ2n) is 8.91. The van der Waals surface area contributed by atoms with E-state index in [-0.39, 0.29) is 12.1 Å². The van der Waals surface area contributed by atoms with Gasteiger partial charge in [-0.05, 0) is 55.0 Å². The molecular formula is C30H27N3O2. The van der Waals surface area contributed by atoms with Gasteiger partial charge in [-0.3, -0.25) is 4.79 Å². The van der Waals surface area contributed by atoms with Gasteiger partial charge >= 0.3 is 0 Å². The molecule has 1 aliphatic rings. The van der Waals surface area contributed by atoms with Crippen molar-refractivity contribution in [3.8, 4) is 5.75 Å². The van der Waals surface area contributed by atoms with Gasteiger partial charge in [0.15, 0.2) is 0 Å². The first-order valence-electron chi connectivity index (χ1n) is 12.0. The van der Waals surface area contributed by atoms with Gasteiger partial charge in [0.1, 0.15) is 11.9 Å². The van der Waals surface area contributed by atoms with Crippen molar-refractivity contribution in [2.45, 2.75) is 26.2 Å². The van der Waals surface area contributed by atoms with Gasteiger partial charge in [-0.1, -0.05) is 48.5 Å². The first-order valence-corrected chi connectivity index (χ1v) is 12.0. The predicted molar refractivity (Wildman–Crippen MR) is 141 cm³/mol. The van der Waals surface area contributed by atoms with Crippen LogP contribution in [0.1, 0.15) is 34.6 Å². The molecule has 174 valence electrons. The Kier molecular flexibility index (Phi) is 5.18. The summed E-state index contributed by atoms with van der Waals surface area (Å²) in [5.74, 6) is 0.844. The van der Waals surface area contributed by atoms with Gasteiger partial charge in [-0.2, -0.15) is 0 Å². The summed E-state index contributed by atoms with van der Waals surface area (Å²) in [4.78, 5) is 15.3. The van der Waals surface area contributed by atoms with Crippen LogP contribution in [-0.2, 0) is 13.1 Å². The SMILES string of the molecule is CCn1c2ccccc2c2cc(N[C@H]3c4ccccc4C(=O)N3Cc3ccc(OC)cc3)ccc21. The van der Waals surface area contributed by atoms with E-state index in [0.717, 1.165) is 34.7 Å². The molecule has 4 aromatic carbocycles. The maximum Gasteiger partial charge on any atom is 0.256 e. The van der Waals surface area contributed by atoms with Gasteiger partial charge in [-0.25, -0.2) is 0 Å². The van der Waals surface area contributed by atoms with Crippen LogP contribution in [-0.4, -0.2) is 22.5 Å². The highest BCUT2D eigenvalue weighted by Gasteiger charge is 2.36. The number of amides is 1. The average Bonchev–Trinajstić information content (AvgIpc) is 3.36. The molecule has 0 fully saturated rings. The molecule has 5 aromatic rings. The smallest absolute Gasteiger partial charge is 0.256 e. The van der Waals surface area contributed by atoms with Crippen molar-refractivity contribution in [1.29, 1.82) is 0 Å². The Balaban J connectivity index is 1.39.